The summed E-state index contributed by atoms with van der Waals surface area (Å²) < 4.78 is 10.9. The third kappa shape index (κ3) is 2.90. The largest absolute Gasteiger partial charge is 0.370 e. The van der Waals surface area contributed by atoms with E-state index in [-0.39, 0.29) is 11.5 Å². The quantitative estimate of drug-likeness (QED) is 0.845. The number of nitrogens with two attached hydrogens (primary N) is 1. The standard InChI is InChI=1S/C13H25N3O2/c1-7-9(17-8-2)10-15-11(18-16-10)12(3,4)13(5,6)14/h9H,7-8,14H2,1-6H3. The molecular formula is C13H25N3O2. The Kier molecular flexibility index (Phi) is 4.50. The Morgan fingerprint density at radius 1 is 1.28 bits per heavy atom. The molecule has 1 rings (SSSR count). The van der Waals surface area contributed by atoms with Crippen LogP contribution in [0.15, 0.2) is 4.52 Å². The third-order valence-electron chi connectivity index (χ3n) is 3.61. The van der Waals surface area contributed by atoms with E-state index in [0.29, 0.717) is 18.3 Å². The van der Waals surface area contributed by atoms with Gasteiger partial charge < -0.3 is 15.0 Å². The molecule has 0 amide bonds. The molecule has 2 N–H and O–H groups in total. The SMILES string of the molecule is CCOC(CC)c1noc(C(C)(C)C(C)(C)N)n1. The van der Waals surface area contributed by atoms with Crippen molar-refractivity contribution >= 4 is 0 Å². The highest BCUT2D eigenvalue weighted by Crippen LogP contribution is 2.32. The fourth-order valence-electron chi connectivity index (χ4n) is 1.47. The number of rotatable bonds is 6. The normalized spacial score (nSPS) is 14.8. The number of aromatic nitrogens is 2. The van der Waals surface area contributed by atoms with E-state index in [1.807, 2.05) is 41.5 Å². The van der Waals surface area contributed by atoms with Gasteiger partial charge in [-0.25, -0.2) is 0 Å². The van der Waals surface area contributed by atoms with Gasteiger partial charge in [-0.3, -0.25) is 0 Å². The van der Waals surface area contributed by atoms with E-state index in [0.717, 1.165) is 6.42 Å². The lowest BCUT2D eigenvalue weighted by molar-refractivity contribution is 0.0518. The lowest BCUT2D eigenvalue weighted by atomic mass is 9.75. The second-order valence-electron chi connectivity index (χ2n) is 5.66. The van der Waals surface area contributed by atoms with Crippen molar-refractivity contribution in [2.75, 3.05) is 6.61 Å². The van der Waals surface area contributed by atoms with Crippen LogP contribution in [-0.2, 0) is 10.2 Å². The minimum absolute atomic E-state index is 0.107. The van der Waals surface area contributed by atoms with Crippen LogP contribution < -0.4 is 5.73 Å². The Bertz CT molecular complexity index is 380. The van der Waals surface area contributed by atoms with Crippen molar-refractivity contribution in [2.45, 2.75) is 65.0 Å². The second-order valence-corrected chi connectivity index (χ2v) is 5.66. The van der Waals surface area contributed by atoms with E-state index < -0.39 is 5.54 Å². The molecule has 1 aromatic rings. The molecule has 0 aromatic carbocycles. The number of ether oxygens (including phenoxy) is 1. The number of hydrogen-bond donors (Lipinski definition) is 1. The van der Waals surface area contributed by atoms with Gasteiger partial charge in [-0.05, 0) is 41.0 Å². The van der Waals surface area contributed by atoms with E-state index in [9.17, 15) is 0 Å². The number of hydrogen-bond acceptors (Lipinski definition) is 5. The molecule has 0 bridgehead atoms. The van der Waals surface area contributed by atoms with E-state index in [2.05, 4.69) is 10.1 Å². The first kappa shape index (κ1) is 15.1. The van der Waals surface area contributed by atoms with E-state index in [4.69, 9.17) is 15.0 Å². The van der Waals surface area contributed by atoms with Crippen molar-refractivity contribution in [1.82, 2.24) is 10.1 Å². The molecule has 0 aliphatic heterocycles. The Hall–Kier alpha value is -0.940. The molecule has 1 atom stereocenters. The van der Waals surface area contributed by atoms with Crippen LogP contribution in [0, 0.1) is 0 Å². The van der Waals surface area contributed by atoms with Crippen LogP contribution in [0.3, 0.4) is 0 Å². The zero-order chi connectivity index (χ0) is 14.0. The summed E-state index contributed by atoms with van der Waals surface area (Å²) in [4.78, 5) is 4.46. The molecule has 1 aromatic heterocycles. The molecule has 18 heavy (non-hydrogen) atoms. The van der Waals surface area contributed by atoms with Gasteiger partial charge in [0.15, 0.2) is 0 Å². The second kappa shape index (κ2) is 5.36. The van der Waals surface area contributed by atoms with Crippen molar-refractivity contribution < 1.29 is 9.26 Å². The minimum atomic E-state index is -0.440. The molecule has 0 spiro atoms. The average Bonchev–Trinajstić information content (AvgIpc) is 2.73. The Morgan fingerprint density at radius 3 is 2.33 bits per heavy atom. The van der Waals surface area contributed by atoms with Gasteiger partial charge in [0.25, 0.3) is 0 Å². The molecule has 0 saturated heterocycles. The summed E-state index contributed by atoms with van der Waals surface area (Å²) in [5, 5.41) is 4.02. The maximum absolute atomic E-state index is 6.16. The van der Waals surface area contributed by atoms with E-state index in [1.165, 1.54) is 0 Å². The molecule has 0 aliphatic carbocycles. The van der Waals surface area contributed by atoms with E-state index in [1.54, 1.807) is 0 Å². The monoisotopic (exact) mass is 255 g/mol. The fourth-order valence-corrected chi connectivity index (χ4v) is 1.47. The van der Waals surface area contributed by atoms with Gasteiger partial charge in [0, 0.05) is 12.1 Å². The van der Waals surface area contributed by atoms with Crippen LogP contribution in [0.5, 0.6) is 0 Å². The van der Waals surface area contributed by atoms with Crippen molar-refractivity contribution in [3.63, 3.8) is 0 Å². The smallest absolute Gasteiger partial charge is 0.234 e. The van der Waals surface area contributed by atoms with Gasteiger partial charge in [-0.1, -0.05) is 12.1 Å². The molecule has 5 heteroatoms. The summed E-state index contributed by atoms with van der Waals surface area (Å²) in [5.74, 6) is 1.16. The minimum Gasteiger partial charge on any atom is -0.370 e. The van der Waals surface area contributed by atoms with Gasteiger partial charge in [0.1, 0.15) is 6.10 Å². The lowest BCUT2D eigenvalue weighted by Crippen LogP contribution is -2.50. The summed E-state index contributed by atoms with van der Waals surface area (Å²) in [6.45, 7) is 12.5. The maximum Gasteiger partial charge on any atom is 0.234 e. The van der Waals surface area contributed by atoms with Crippen LogP contribution >= 0.6 is 0 Å². The van der Waals surface area contributed by atoms with Crippen LogP contribution in [-0.4, -0.2) is 22.3 Å². The molecule has 104 valence electrons. The fraction of sp³-hybridized carbons (Fsp3) is 0.846. The summed E-state index contributed by atoms with van der Waals surface area (Å²) in [5.41, 5.74) is 5.34. The Balaban J connectivity index is 2.99. The summed E-state index contributed by atoms with van der Waals surface area (Å²) in [7, 11) is 0. The molecule has 0 saturated carbocycles. The highest BCUT2D eigenvalue weighted by atomic mass is 16.5. The van der Waals surface area contributed by atoms with E-state index >= 15 is 0 Å². The highest BCUT2D eigenvalue weighted by Gasteiger charge is 2.40. The topological polar surface area (TPSA) is 74.2 Å². The predicted octanol–water partition coefficient (Wildman–Crippen LogP) is 2.57. The molecule has 1 unspecified atom stereocenters. The van der Waals surface area contributed by atoms with Crippen molar-refractivity contribution in [3.8, 4) is 0 Å². The van der Waals surface area contributed by atoms with Crippen LogP contribution in [0.1, 0.15) is 65.8 Å². The Labute approximate surface area is 109 Å². The predicted molar refractivity (Wildman–Crippen MR) is 70.2 cm³/mol. The molecule has 0 radical (unpaired) electrons. The first-order chi connectivity index (χ1) is 8.24. The zero-order valence-corrected chi connectivity index (χ0v) is 12.3. The zero-order valence-electron chi connectivity index (χ0n) is 12.3. The lowest BCUT2D eigenvalue weighted by Gasteiger charge is -2.34. The van der Waals surface area contributed by atoms with Crippen LogP contribution in [0.4, 0.5) is 0 Å². The van der Waals surface area contributed by atoms with Crippen molar-refractivity contribution in [1.29, 1.82) is 0 Å². The molecule has 5 nitrogen and oxygen atoms in total. The first-order valence-electron chi connectivity index (χ1n) is 6.48. The van der Waals surface area contributed by atoms with Crippen LogP contribution in [0.25, 0.3) is 0 Å². The van der Waals surface area contributed by atoms with Crippen molar-refractivity contribution in [2.24, 2.45) is 5.73 Å². The maximum atomic E-state index is 6.16. The van der Waals surface area contributed by atoms with Crippen molar-refractivity contribution in [3.05, 3.63) is 11.7 Å². The highest BCUT2D eigenvalue weighted by molar-refractivity contribution is 5.11. The van der Waals surface area contributed by atoms with Gasteiger partial charge in [0.05, 0.1) is 5.41 Å². The molecule has 1 heterocycles. The average molecular weight is 255 g/mol. The van der Waals surface area contributed by atoms with Gasteiger partial charge >= 0.3 is 0 Å². The summed E-state index contributed by atoms with van der Waals surface area (Å²) in [6.07, 6.45) is 0.711. The summed E-state index contributed by atoms with van der Waals surface area (Å²) in [6, 6.07) is 0. The molecular weight excluding hydrogens is 230 g/mol. The van der Waals surface area contributed by atoms with Gasteiger partial charge in [-0.15, -0.1) is 0 Å². The number of nitrogens with zero attached hydrogens (tertiary/aromatic N) is 2. The van der Waals surface area contributed by atoms with Gasteiger partial charge in [0.2, 0.25) is 11.7 Å². The third-order valence-corrected chi connectivity index (χ3v) is 3.61. The summed E-state index contributed by atoms with van der Waals surface area (Å²) >= 11 is 0. The molecule has 0 aliphatic rings. The molecule has 0 fully saturated rings. The van der Waals surface area contributed by atoms with Crippen LogP contribution in [0.2, 0.25) is 0 Å². The van der Waals surface area contributed by atoms with Gasteiger partial charge in [-0.2, -0.15) is 4.98 Å². The first-order valence-corrected chi connectivity index (χ1v) is 6.48. The Morgan fingerprint density at radius 2 is 1.89 bits per heavy atom.